The van der Waals surface area contributed by atoms with E-state index in [1.54, 1.807) is 12.1 Å². The van der Waals surface area contributed by atoms with Crippen molar-refractivity contribution in [1.29, 1.82) is 0 Å². The highest BCUT2D eigenvalue weighted by Gasteiger charge is 2.30. The molecule has 2 heterocycles. The number of carbonyl (C=O) groups is 1. The Hall–Kier alpha value is -3.20. The number of carbonyl (C=O) groups excluding carboxylic acids is 1. The van der Waals surface area contributed by atoms with Gasteiger partial charge < -0.3 is 5.32 Å². The first kappa shape index (κ1) is 17.2. The van der Waals surface area contributed by atoms with Gasteiger partial charge in [0.25, 0.3) is 11.5 Å². The molecule has 4 rings (SSSR count). The van der Waals surface area contributed by atoms with Crippen LogP contribution in [0.5, 0.6) is 0 Å². The average Bonchev–Trinajstić information content (AvgIpc) is 3.00. The van der Waals surface area contributed by atoms with Crippen LogP contribution < -0.4 is 10.9 Å². The van der Waals surface area contributed by atoms with E-state index in [1.165, 1.54) is 27.9 Å². The predicted molar refractivity (Wildman–Crippen MR) is 96.2 cm³/mol. The number of para-hydroxylation sites is 1. The van der Waals surface area contributed by atoms with Crippen molar-refractivity contribution in [2.45, 2.75) is 6.18 Å². The van der Waals surface area contributed by atoms with Gasteiger partial charge in [-0.3, -0.25) is 14.0 Å². The Morgan fingerprint density at radius 2 is 1.89 bits per heavy atom. The van der Waals surface area contributed by atoms with E-state index in [1.807, 2.05) is 12.1 Å². The van der Waals surface area contributed by atoms with Crippen LogP contribution in [0, 0.1) is 0 Å². The van der Waals surface area contributed by atoms with Crippen molar-refractivity contribution < 1.29 is 18.0 Å². The molecule has 1 N–H and O–H groups in total. The van der Waals surface area contributed by atoms with E-state index in [-0.39, 0.29) is 11.3 Å². The van der Waals surface area contributed by atoms with Gasteiger partial charge in [-0.2, -0.15) is 13.2 Å². The fourth-order valence-electron chi connectivity index (χ4n) is 2.68. The van der Waals surface area contributed by atoms with E-state index in [4.69, 9.17) is 0 Å². The Kier molecular flexibility index (Phi) is 3.96. The largest absolute Gasteiger partial charge is 0.416 e. The van der Waals surface area contributed by atoms with E-state index >= 15 is 0 Å². The number of nitrogens with one attached hydrogen (secondary N) is 1. The normalized spacial score (nSPS) is 11.8. The lowest BCUT2D eigenvalue weighted by Gasteiger charge is -2.09. The minimum atomic E-state index is -4.53. The van der Waals surface area contributed by atoms with Gasteiger partial charge >= 0.3 is 6.18 Å². The van der Waals surface area contributed by atoms with E-state index in [0.29, 0.717) is 10.5 Å². The summed E-state index contributed by atoms with van der Waals surface area (Å²) in [6, 6.07) is 11.3. The predicted octanol–water partition coefficient (Wildman–Crippen LogP) is 4.18. The number of nitrogens with zero attached hydrogens (tertiary/aromatic N) is 2. The highest BCUT2D eigenvalue weighted by atomic mass is 32.1. The first-order chi connectivity index (χ1) is 12.8. The molecule has 136 valence electrons. The Labute approximate surface area is 153 Å². The summed E-state index contributed by atoms with van der Waals surface area (Å²) in [4.78, 5) is 29.8. The standard InChI is InChI=1S/C18H10F3N3O2S/c19-18(20,21)10-4-3-5-11(8-10)23-15(25)12-9-22-17-24(16(12)26)13-6-1-2-7-14(13)27-17/h1-9H,(H,23,25). The summed E-state index contributed by atoms with van der Waals surface area (Å²) in [5, 5.41) is 2.33. The van der Waals surface area contributed by atoms with Gasteiger partial charge in [-0.25, -0.2) is 4.98 Å². The molecule has 2 aromatic carbocycles. The minimum absolute atomic E-state index is 0.0606. The molecule has 9 heteroatoms. The number of hydrogen-bond acceptors (Lipinski definition) is 4. The highest BCUT2D eigenvalue weighted by molar-refractivity contribution is 7.23. The Morgan fingerprint density at radius 3 is 2.67 bits per heavy atom. The summed E-state index contributed by atoms with van der Waals surface area (Å²) in [6.07, 6.45) is -3.40. The minimum Gasteiger partial charge on any atom is -0.322 e. The number of fused-ring (bicyclic) bond motifs is 3. The van der Waals surface area contributed by atoms with Gasteiger partial charge in [0, 0.05) is 11.9 Å². The molecule has 0 aliphatic carbocycles. The van der Waals surface area contributed by atoms with Crippen LogP contribution in [0.15, 0.2) is 59.5 Å². The van der Waals surface area contributed by atoms with E-state index in [2.05, 4.69) is 10.3 Å². The number of amides is 1. The number of rotatable bonds is 2. The van der Waals surface area contributed by atoms with E-state index in [0.717, 1.165) is 23.0 Å². The van der Waals surface area contributed by atoms with Crippen LogP contribution in [0.2, 0.25) is 0 Å². The summed E-state index contributed by atoms with van der Waals surface area (Å²) in [5.41, 5.74) is -1.18. The fourth-order valence-corrected chi connectivity index (χ4v) is 3.66. The van der Waals surface area contributed by atoms with Crippen molar-refractivity contribution in [3.05, 3.63) is 76.2 Å². The lowest BCUT2D eigenvalue weighted by atomic mass is 10.2. The van der Waals surface area contributed by atoms with Crippen LogP contribution in [0.3, 0.4) is 0 Å². The van der Waals surface area contributed by atoms with Crippen molar-refractivity contribution in [3.8, 4) is 0 Å². The third-order valence-corrected chi connectivity index (χ3v) is 4.96. The molecule has 5 nitrogen and oxygen atoms in total. The Bertz CT molecular complexity index is 1240. The van der Waals surface area contributed by atoms with Crippen LogP contribution >= 0.6 is 11.3 Å². The second-order valence-corrected chi connectivity index (χ2v) is 6.71. The molecule has 0 atom stereocenters. The molecule has 0 saturated heterocycles. The number of thiazole rings is 1. The van der Waals surface area contributed by atoms with Gasteiger partial charge in [0.05, 0.1) is 15.8 Å². The van der Waals surface area contributed by atoms with Crippen molar-refractivity contribution in [3.63, 3.8) is 0 Å². The molecule has 0 bridgehead atoms. The smallest absolute Gasteiger partial charge is 0.322 e. The molecule has 0 aliphatic heterocycles. The zero-order chi connectivity index (χ0) is 19.2. The second-order valence-electron chi connectivity index (χ2n) is 5.70. The average molecular weight is 389 g/mol. The molecule has 0 radical (unpaired) electrons. The van der Waals surface area contributed by atoms with Crippen LogP contribution in [-0.4, -0.2) is 15.3 Å². The molecule has 0 unspecified atom stereocenters. The summed E-state index contributed by atoms with van der Waals surface area (Å²) >= 11 is 1.30. The van der Waals surface area contributed by atoms with Crippen molar-refractivity contribution in [2.24, 2.45) is 0 Å². The number of anilines is 1. The van der Waals surface area contributed by atoms with Gasteiger partial charge in [0.2, 0.25) is 0 Å². The Morgan fingerprint density at radius 1 is 1.11 bits per heavy atom. The van der Waals surface area contributed by atoms with E-state index in [9.17, 15) is 22.8 Å². The number of aromatic nitrogens is 2. The molecule has 27 heavy (non-hydrogen) atoms. The van der Waals surface area contributed by atoms with Crippen molar-refractivity contribution >= 4 is 38.1 Å². The van der Waals surface area contributed by atoms with Crippen molar-refractivity contribution in [1.82, 2.24) is 9.38 Å². The molecule has 0 spiro atoms. The maximum absolute atomic E-state index is 12.8. The van der Waals surface area contributed by atoms with E-state index < -0.39 is 23.2 Å². The third-order valence-electron chi connectivity index (χ3n) is 3.93. The molecule has 1 amide bonds. The maximum atomic E-state index is 12.8. The number of halogens is 3. The lowest BCUT2D eigenvalue weighted by molar-refractivity contribution is -0.137. The summed E-state index contributed by atoms with van der Waals surface area (Å²) in [5.74, 6) is -0.823. The van der Waals surface area contributed by atoms with Gasteiger partial charge in [-0.1, -0.05) is 29.5 Å². The Balaban J connectivity index is 1.74. The summed E-state index contributed by atoms with van der Waals surface area (Å²) < 4.78 is 40.6. The third kappa shape index (κ3) is 3.06. The van der Waals surface area contributed by atoms with Gasteiger partial charge in [0.1, 0.15) is 5.56 Å². The fraction of sp³-hybridized carbons (Fsp3) is 0.0556. The zero-order valence-electron chi connectivity index (χ0n) is 13.4. The molecule has 2 aromatic heterocycles. The summed E-state index contributed by atoms with van der Waals surface area (Å²) in [6.45, 7) is 0. The van der Waals surface area contributed by atoms with Gasteiger partial charge in [0.15, 0.2) is 4.96 Å². The molecular weight excluding hydrogens is 379 g/mol. The van der Waals surface area contributed by atoms with Gasteiger partial charge in [-0.15, -0.1) is 0 Å². The van der Waals surface area contributed by atoms with Gasteiger partial charge in [-0.05, 0) is 30.3 Å². The first-order valence-electron chi connectivity index (χ1n) is 7.72. The first-order valence-corrected chi connectivity index (χ1v) is 8.54. The van der Waals surface area contributed by atoms with Crippen LogP contribution in [-0.2, 0) is 6.18 Å². The second kappa shape index (κ2) is 6.20. The molecule has 0 saturated carbocycles. The maximum Gasteiger partial charge on any atom is 0.416 e. The number of benzene rings is 2. The topological polar surface area (TPSA) is 63.5 Å². The van der Waals surface area contributed by atoms with Crippen molar-refractivity contribution in [2.75, 3.05) is 5.32 Å². The molecule has 0 aliphatic rings. The highest BCUT2D eigenvalue weighted by Crippen LogP contribution is 2.30. The molecule has 0 fully saturated rings. The summed E-state index contributed by atoms with van der Waals surface area (Å²) in [7, 11) is 0. The molecular formula is C18H10F3N3O2S. The molecule has 4 aromatic rings. The van der Waals surface area contributed by atoms with Crippen LogP contribution in [0.1, 0.15) is 15.9 Å². The number of alkyl halides is 3. The monoisotopic (exact) mass is 389 g/mol. The SMILES string of the molecule is O=C(Nc1cccc(C(F)(F)F)c1)c1cnc2sc3ccccc3n2c1=O. The van der Waals surface area contributed by atoms with Crippen LogP contribution in [0.4, 0.5) is 18.9 Å². The van der Waals surface area contributed by atoms with Crippen LogP contribution in [0.25, 0.3) is 15.2 Å². The number of hydrogen-bond donors (Lipinski definition) is 1. The quantitative estimate of drug-likeness (QED) is 0.559. The lowest BCUT2D eigenvalue weighted by Crippen LogP contribution is -2.26. The zero-order valence-corrected chi connectivity index (χ0v) is 14.3.